The molecule has 1 heterocycles. The number of amides is 1. The van der Waals surface area contributed by atoms with E-state index in [4.69, 9.17) is 28.9 Å². The predicted octanol–water partition coefficient (Wildman–Crippen LogP) is 10.7. The molecule has 1 amide bonds. The molecule has 0 aromatic heterocycles. The van der Waals surface area contributed by atoms with Gasteiger partial charge in [-0.1, -0.05) is 90.8 Å². The van der Waals surface area contributed by atoms with Crippen LogP contribution in [0.5, 0.6) is 11.5 Å². The van der Waals surface area contributed by atoms with Crippen LogP contribution in [0.2, 0.25) is 0 Å². The third-order valence-electron chi connectivity index (χ3n) is 12.4. The molecular formula is C52H64N2O8S. The minimum absolute atomic E-state index is 0.0791. The molecule has 10 nitrogen and oxygen atoms in total. The molecule has 0 bridgehead atoms. The van der Waals surface area contributed by atoms with Gasteiger partial charge < -0.3 is 34.0 Å². The van der Waals surface area contributed by atoms with Gasteiger partial charge in [-0.25, -0.2) is 4.79 Å². The molecule has 1 aliphatic heterocycles. The van der Waals surface area contributed by atoms with E-state index in [9.17, 15) is 15.0 Å². The summed E-state index contributed by atoms with van der Waals surface area (Å²) in [6.45, 7) is 11.1. The fourth-order valence-electron chi connectivity index (χ4n) is 9.80. The number of allylic oxidation sites excluding steroid dienone is 1. The first-order valence-corrected chi connectivity index (χ1v) is 23.5. The van der Waals surface area contributed by atoms with E-state index in [-0.39, 0.29) is 50.5 Å². The normalized spacial score (nSPS) is 23.2. The Morgan fingerprint density at radius 1 is 0.968 bits per heavy atom. The highest BCUT2D eigenvalue weighted by Crippen LogP contribution is 2.62. The average Bonchev–Trinajstić information content (AvgIpc) is 3.29. The molecule has 3 aliphatic rings. The molecule has 6 unspecified atom stereocenters. The second kappa shape index (κ2) is 21.2. The Balaban J connectivity index is 1.41. The third kappa shape index (κ3) is 10.6. The quantitative estimate of drug-likeness (QED) is 0.0387. The highest BCUT2D eigenvalue weighted by atomic mass is 32.2. The van der Waals surface area contributed by atoms with Gasteiger partial charge in [-0.05, 0) is 111 Å². The number of aliphatic hydroxyl groups is 2. The number of benzene rings is 4. The summed E-state index contributed by atoms with van der Waals surface area (Å²) in [6.07, 6.45) is 8.55. The Kier molecular flexibility index (Phi) is 15.6. The van der Waals surface area contributed by atoms with Crippen molar-refractivity contribution in [2.45, 2.75) is 101 Å². The van der Waals surface area contributed by atoms with Gasteiger partial charge in [0.05, 0.1) is 38.5 Å². The molecule has 2 aliphatic carbocycles. The van der Waals surface area contributed by atoms with Crippen LogP contribution in [-0.2, 0) is 20.9 Å². The number of ether oxygens (including phenoxy) is 4. The molecule has 336 valence electrons. The first-order valence-electron chi connectivity index (χ1n) is 22.5. The summed E-state index contributed by atoms with van der Waals surface area (Å²) in [5.41, 5.74) is 3.08. The topological polar surface area (TPSA) is 119 Å². The first-order chi connectivity index (χ1) is 30.6. The van der Waals surface area contributed by atoms with Gasteiger partial charge in [-0.15, -0.1) is 18.3 Å². The average molecular weight is 877 g/mol. The minimum Gasteiger partial charge on any atom is -0.493 e. The van der Waals surface area contributed by atoms with Gasteiger partial charge in [0.2, 0.25) is 5.79 Å². The SMILES string of the molecule is C=CCOC12Oc3ccc(OCCSc4ccccc4)cc3C3C(CCCCO)C(CCCCO)C=C(C(=NOC(C)(C)C)CC1N(Cc1cccc4ccccc14)C(=O)OC)C32. The molecule has 7 rings (SSSR count). The number of carbonyl (C=O) groups excluding carboxylic acids is 1. The molecule has 63 heavy (non-hydrogen) atoms. The van der Waals surface area contributed by atoms with Gasteiger partial charge in [-0.2, -0.15) is 0 Å². The maximum absolute atomic E-state index is 14.5. The van der Waals surface area contributed by atoms with E-state index in [1.807, 2.05) is 69.3 Å². The number of fused-ring (bicyclic) bond motifs is 3. The molecule has 0 spiro atoms. The number of thioether (sulfide) groups is 1. The molecular weight excluding hydrogens is 813 g/mol. The van der Waals surface area contributed by atoms with Crippen molar-refractivity contribution in [1.29, 1.82) is 0 Å². The molecule has 6 atom stereocenters. The Bertz CT molecular complexity index is 2220. The van der Waals surface area contributed by atoms with Crippen molar-refractivity contribution in [3.63, 3.8) is 0 Å². The van der Waals surface area contributed by atoms with Crippen molar-refractivity contribution in [2.24, 2.45) is 22.9 Å². The van der Waals surface area contributed by atoms with Gasteiger partial charge in [0, 0.05) is 41.8 Å². The summed E-state index contributed by atoms with van der Waals surface area (Å²) in [5, 5.41) is 27.0. The molecule has 4 aromatic carbocycles. The second-order valence-electron chi connectivity index (χ2n) is 17.7. The van der Waals surface area contributed by atoms with E-state index in [0.29, 0.717) is 25.2 Å². The van der Waals surface area contributed by atoms with E-state index in [1.54, 1.807) is 22.7 Å². The molecule has 0 saturated heterocycles. The number of hydrogen-bond acceptors (Lipinski definition) is 10. The summed E-state index contributed by atoms with van der Waals surface area (Å²) >= 11 is 1.75. The number of methoxy groups -OCH3 is 1. The monoisotopic (exact) mass is 876 g/mol. The van der Waals surface area contributed by atoms with E-state index >= 15 is 0 Å². The van der Waals surface area contributed by atoms with Crippen LogP contribution in [-0.4, -0.2) is 83.6 Å². The van der Waals surface area contributed by atoms with E-state index in [2.05, 4.69) is 55.1 Å². The van der Waals surface area contributed by atoms with Gasteiger partial charge in [0.1, 0.15) is 23.1 Å². The standard InChI is InChI=1S/C52H64N2O8S/c1-6-29-60-52-47(54(50(57)58-5)35-38-20-16-19-36-17-10-11-23-41(36)38)34-45(53-62-51(2,3)4)43-32-37(18-12-14-27-55)42(24-13-15-28-56)48(49(43)52)44-33-39(25-26-46(44)61-52)59-30-31-63-40-21-8-7-9-22-40/h6-11,16-17,19-23,25-26,32-33,37,42,47-49,55-56H,1,12-15,18,24,27-31,34-35H2,2-5H3. The maximum Gasteiger partial charge on any atom is 0.410 e. The lowest BCUT2D eigenvalue weighted by Crippen LogP contribution is -2.70. The zero-order valence-corrected chi connectivity index (χ0v) is 38.1. The zero-order chi connectivity index (χ0) is 44.4. The van der Waals surface area contributed by atoms with Crippen LogP contribution in [0.3, 0.4) is 0 Å². The van der Waals surface area contributed by atoms with Crippen molar-refractivity contribution < 1.29 is 38.8 Å². The fourth-order valence-corrected chi connectivity index (χ4v) is 10.6. The minimum atomic E-state index is -1.42. The van der Waals surface area contributed by atoms with Crippen LogP contribution in [0.1, 0.15) is 82.8 Å². The number of nitrogens with zero attached hydrogens (tertiary/aromatic N) is 2. The Hall–Kier alpha value is -4.81. The van der Waals surface area contributed by atoms with Crippen LogP contribution in [0, 0.1) is 17.8 Å². The summed E-state index contributed by atoms with van der Waals surface area (Å²) < 4.78 is 26.7. The Labute approximate surface area is 377 Å². The van der Waals surface area contributed by atoms with Gasteiger partial charge >= 0.3 is 6.09 Å². The number of oxime groups is 1. The lowest BCUT2D eigenvalue weighted by Gasteiger charge is -2.60. The van der Waals surface area contributed by atoms with Gasteiger partial charge in [-0.3, -0.25) is 4.90 Å². The smallest absolute Gasteiger partial charge is 0.410 e. The zero-order valence-electron chi connectivity index (χ0n) is 37.2. The summed E-state index contributed by atoms with van der Waals surface area (Å²) in [7, 11) is 1.41. The number of aliphatic hydroxyl groups excluding tert-OH is 2. The van der Waals surface area contributed by atoms with Crippen molar-refractivity contribution in [3.8, 4) is 11.5 Å². The Morgan fingerprint density at radius 3 is 2.46 bits per heavy atom. The lowest BCUT2D eigenvalue weighted by atomic mass is 9.55. The fraction of sp³-hybridized carbons (Fsp3) is 0.462. The number of hydrogen-bond donors (Lipinski definition) is 2. The second-order valence-corrected chi connectivity index (χ2v) is 18.9. The summed E-state index contributed by atoms with van der Waals surface area (Å²) in [5.74, 6) is 0.317. The highest BCUT2D eigenvalue weighted by Gasteiger charge is 2.65. The molecule has 1 saturated carbocycles. The molecule has 0 radical (unpaired) electrons. The summed E-state index contributed by atoms with van der Waals surface area (Å²) in [6, 6.07) is 30.0. The van der Waals surface area contributed by atoms with E-state index in [1.165, 1.54) is 12.0 Å². The van der Waals surface area contributed by atoms with Crippen LogP contribution in [0.15, 0.2) is 125 Å². The van der Waals surface area contributed by atoms with Crippen molar-refractivity contribution in [3.05, 3.63) is 126 Å². The van der Waals surface area contributed by atoms with E-state index < -0.39 is 29.4 Å². The van der Waals surface area contributed by atoms with Crippen LogP contribution < -0.4 is 9.47 Å². The highest BCUT2D eigenvalue weighted by molar-refractivity contribution is 7.99. The largest absolute Gasteiger partial charge is 0.493 e. The van der Waals surface area contributed by atoms with E-state index in [0.717, 1.165) is 70.4 Å². The number of rotatable bonds is 20. The third-order valence-corrected chi connectivity index (χ3v) is 13.4. The van der Waals surface area contributed by atoms with Gasteiger partial charge in [0.25, 0.3) is 0 Å². The first kappa shape index (κ1) is 46.2. The van der Waals surface area contributed by atoms with Gasteiger partial charge in [0.15, 0.2) is 0 Å². The maximum atomic E-state index is 14.5. The van der Waals surface area contributed by atoms with Crippen LogP contribution in [0.4, 0.5) is 4.79 Å². The van der Waals surface area contributed by atoms with Crippen LogP contribution in [0.25, 0.3) is 10.8 Å². The number of unbranched alkanes of at least 4 members (excludes halogenated alkanes) is 2. The summed E-state index contributed by atoms with van der Waals surface area (Å²) in [4.78, 5) is 23.7. The predicted molar refractivity (Wildman–Crippen MR) is 250 cm³/mol. The van der Waals surface area contributed by atoms with Crippen molar-refractivity contribution in [2.75, 3.05) is 39.3 Å². The molecule has 4 aromatic rings. The van der Waals surface area contributed by atoms with Crippen molar-refractivity contribution in [1.82, 2.24) is 4.90 Å². The number of carbonyl (C=O) groups is 1. The lowest BCUT2D eigenvalue weighted by molar-refractivity contribution is -0.256. The Morgan fingerprint density at radius 2 is 1.71 bits per heavy atom. The van der Waals surface area contributed by atoms with Crippen LogP contribution >= 0.6 is 11.8 Å². The molecule has 2 N–H and O–H groups in total. The molecule has 11 heteroatoms. The molecule has 1 fully saturated rings. The van der Waals surface area contributed by atoms with Crippen molar-refractivity contribution >= 4 is 34.3 Å².